The van der Waals surface area contributed by atoms with E-state index >= 15 is 0 Å². The van der Waals surface area contributed by atoms with Crippen molar-refractivity contribution >= 4 is 5.91 Å². The number of ether oxygens (including phenoxy) is 1. The van der Waals surface area contributed by atoms with E-state index in [0.717, 1.165) is 38.9 Å². The number of hydrogen-bond acceptors (Lipinski definition) is 4. The zero-order chi connectivity index (χ0) is 14.9. The van der Waals surface area contributed by atoms with E-state index in [4.69, 9.17) is 4.74 Å². The van der Waals surface area contributed by atoms with Gasteiger partial charge in [-0.3, -0.25) is 9.48 Å². The third-order valence-electron chi connectivity index (χ3n) is 5.15. The number of aromatic nitrogens is 2. The molecule has 3 rings (SSSR count). The van der Waals surface area contributed by atoms with Crippen molar-refractivity contribution < 1.29 is 14.6 Å². The maximum absolute atomic E-state index is 12.1. The molecule has 2 N–H and O–H groups in total. The highest BCUT2D eigenvalue weighted by Crippen LogP contribution is 2.48. The predicted molar refractivity (Wildman–Crippen MR) is 76.8 cm³/mol. The van der Waals surface area contributed by atoms with Crippen molar-refractivity contribution in [1.29, 1.82) is 0 Å². The molecule has 2 aliphatic rings. The van der Waals surface area contributed by atoms with Crippen molar-refractivity contribution in [1.82, 2.24) is 15.1 Å². The molecular weight excluding hydrogens is 270 g/mol. The molecule has 0 radical (unpaired) electrons. The molecule has 2 atom stereocenters. The molecule has 2 heterocycles. The predicted octanol–water partition coefficient (Wildman–Crippen LogP) is 0.718. The van der Waals surface area contributed by atoms with Crippen molar-refractivity contribution in [3.63, 3.8) is 0 Å². The second-order valence-corrected chi connectivity index (χ2v) is 6.27. The Morgan fingerprint density at radius 1 is 1.52 bits per heavy atom. The Morgan fingerprint density at radius 2 is 2.29 bits per heavy atom. The average molecular weight is 293 g/mol. The monoisotopic (exact) mass is 293 g/mol. The summed E-state index contributed by atoms with van der Waals surface area (Å²) in [4.78, 5) is 12.1. The fourth-order valence-corrected chi connectivity index (χ4v) is 3.73. The van der Waals surface area contributed by atoms with Gasteiger partial charge in [0.25, 0.3) is 5.91 Å². The number of nitrogens with zero attached hydrogens (tertiary/aromatic N) is 2. The van der Waals surface area contributed by atoms with Gasteiger partial charge in [-0.05, 0) is 31.7 Å². The topological polar surface area (TPSA) is 76.4 Å². The summed E-state index contributed by atoms with van der Waals surface area (Å²) in [6.45, 7) is 2.00. The molecule has 1 saturated heterocycles. The van der Waals surface area contributed by atoms with Crippen molar-refractivity contribution in [3.05, 3.63) is 18.0 Å². The Balaban J connectivity index is 1.57. The van der Waals surface area contributed by atoms with Gasteiger partial charge in [-0.15, -0.1) is 0 Å². The van der Waals surface area contributed by atoms with E-state index in [1.807, 2.05) is 0 Å². The number of aliphatic hydroxyl groups is 1. The molecule has 1 amide bonds. The van der Waals surface area contributed by atoms with Crippen LogP contribution in [0.4, 0.5) is 0 Å². The molecule has 21 heavy (non-hydrogen) atoms. The minimum Gasteiger partial charge on any atom is -0.392 e. The van der Waals surface area contributed by atoms with Crippen LogP contribution in [0.1, 0.15) is 36.2 Å². The van der Waals surface area contributed by atoms with E-state index < -0.39 is 0 Å². The zero-order valence-electron chi connectivity index (χ0n) is 12.4. The Morgan fingerprint density at radius 3 is 2.95 bits per heavy atom. The van der Waals surface area contributed by atoms with Crippen LogP contribution in [0.3, 0.4) is 0 Å². The van der Waals surface area contributed by atoms with Gasteiger partial charge in [0.2, 0.25) is 0 Å². The minimum atomic E-state index is -0.340. The molecule has 1 aliphatic heterocycles. The molecular formula is C15H23N3O3. The van der Waals surface area contributed by atoms with E-state index in [0.29, 0.717) is 12.2 Å². The second kappa shape index (κ2) is 5.77. The van der Waals surface area contributed by atoms with Gasteiger partial charge in [0.05, 0.1) is 6.10 Å². The van der Waals surface area contributed by atoms with Crippen LogP contribution in [0.15, 0.2) is 12.3 Å². The quantitative estimate of drug-likeness (QED) is 0.861. The Bertz CT molecular complexity index is 508. The molecule has 1 aromatic rings. The first-order valence-corrected chi connectivity index (χ1v) is 7.64. The molecule has 0 bridgehead atoms. The van der Waals surface area contributed by atoms with Crippen molar-refractivity contribution in [2.75, 3.05) is 19.8 Å². The van der Waals surface area contributed by atoms with Gasteiger partial charge in [0.15, 0.2) is 0 Å². The van der Waals surface area contributed by atoms with E-state index in [9.17, 15) is 9.90 Å². The number of carbonyl (C=O) groups is 1. The summed E-state index contributed by atoms with van der Waals surface area (Å²) >= 11 is 0. The Hall–Kier alpha value is -1.40. The highest BCUT2D eigenvalue weighted by atomic mass is 16.5. The molecule has 2 fully saturated rings. The van der Waals surface area contributed by atoms with Gasteiger partial charge in [-0.1, -0.05) is 0 Å². The normalized spacial score (nSPS) is 27.9. The fourth-order valence-electron chi connectivity index (χ4n) is 3.73. The van der Waals surface area contributed by atoms with Gasteiger partial charge in [-0.25, -0.2) is 0 Å². The maximum atomic E-state index is 12.1. The summed E-state index contributed by atoms with van der Waals surface area (Å²) in [5.74, 6) is 0.00963. The van der Waals surface area contributed by atoms with Gasteiger partial charge < -0.3 is 15.2 Å². The summed E-state index contributed by atoms with van der Waals surface area (Å²) in [5, 5.41) is 17.6. The first-order chi connectivity index (χ1) is 10.1. The third-order valence-corrected chi connectivity index (χ3v) is 5.15. The number of aryl methyl sites for hydroxylation is 1. The van der Waals surface area contributed by atoms with E-state index in [1.165, 1.54) is 0 Å². The van der Waals surface area contributed by atoms with Crippen LogP contribution in [0, 0.1) is 11.3 Å². The maximum Gasteiger partial charge on any atom is 0.269 e. The molecule has 1 spiro atoms. The summed E-state index contributed by atoms with van der Waals surface area (Å²) < 4.78 is 6.97. The highest BCUT2D eigenvalue weighted by molar-refractivity contribution is 5.92. The standard InChI is InChI=1S/C15H23N3O3/c1-18-12(3-7-17-18)14(20)16-10-11-2-4-15(13(11)19)5-8-21-9-6-15/h3,7,11,13,19H,2,4-6,8-10H2,1H3,(H,16,20). The molecule has 6 nitrogen and oxygen atoms in total. The molecule has 2 unspecified atom stereocenters. The highest BCUT2D eigenvalue weighted by Gasteiger charge is 2.48. The average Bonchev–Trinajstić information content (AvgIpc) is 3.04. The summed E-state index contributed by atoms with van der Waals surface area (Å²) in [7, 11) is 1.75. The van der Waals surface area contributed by atoms with Gasteiger partial charge in [0, 0.05) is 44.3 Å². The van der Waals surface area contributed by atoms with E-state index in [2.05, 4.69) is 10.4 Å². The number of carbonyl (C=O) groups excluding carboxylic acids is 1. The lowest BCUT2D eigenvalue weighted by Crippen LogP contribution is -2.41. The van der Waals surface area contributed by atoms with Crippen LogP contribution in [0.25, 0.3) is 0 Å². The summed E-state index contributed by atoms with van der Waals surface area (Å²) in [5.41, 5.74) is 0.559. The van der Waals surface area contributed by atoms with Crippen LogP contribution < -0.4 is 5.32 Å². The van der Waals surface area contributed by atoms with E-state index in [-0.39, 0.29) is 23.3 Å². The number of hydrogen-bond donors (Lipinski definition) is 2. The van der Waals surface area contributed by atoms with E-state index in [1.54, 1.807) is 24.0 Å². The van der Waals surface area contributed by atoms with Crippen molar-refractivity contribution in [2.24, 2.45) is 18.4 Å². The lowest BCUT2D eigenvalue weighted by Gasteiger charge is -2.37. The first kappa shape index (κ1) is 14.5. The van der Waals surface area contributed by atoms with Crippen LogP contribution in [-0.4, -0.2) is 46.7 Å². The number of amides is 1. The summed E-state index contributed by atoms with van der Waals surface area (Å²) in [6.07, 6.45) is 5.13. The number of nitrogens with one attached hydrogen (secondary N) is 1. The minimum absolute atomic E-state index is 0.0141. The van der Waals surface area contributed by atoms with Crippen molar-refractivity contribution in [3.8, 4) is 0 Å². The largest absolute Gasteiger partial charge is 0.392 e. The smallest absolute Gasteiger partial charge is 0.269 e. The molecule has 1 aromatic heterocycles. The zero-order valence-corrected chi connectivity index (χ0v) is 12.4. The van der Waals surface area contributed by atoms with Crippen LogP contribution in [0.2, 0.25) is 0 Å². The molecule has 1 aliphatic carbocycles. The molecule has 116 valence electrons. The Kier molecular flexibility index (Phi) is 3.99. The first-order valence-electron chi connectivity index (χ1n) is 7.64. The Labute approximate surface area is 124 Å². The number of aliphatic hydroxyl groups excluding tert-OH is 1. The van der Waals surface area contributed by atoms with Crippen LogP contribution in [0.5, 0.6) is 0 Å². The van der Waals surface area contributed by atoms with Crippen LogP contribution in [-0.2, 0) is 11.8 Å². The SMILES string of the molecule is Cn1nccc1C(=O)NCC1CCC2(CCOCC2)C1O. The third kappa shape index (κ3) is 2.70. The fraction of sp³-hybridized carbons (Fsp3) is 0.733. The lowest BCUT2D eigenvalue weighted by molar-refractivity contribution is -0.0555. The van der Waals surface area contributed by atoms with Crippen LogP contribution >= 0.6 is 0 Å². The second-order valence-electron chi connectivity index (χ2n) is 6.27. The molecule has 1 saturated carbocycles. The summed E-state index contributed by atoms with van der Waals surface area (Å²) in [6, 6.07) is 1.69. The number of rotatable bonds is 3. The van der Waals surface area contributed by atoms with Gasteiger partial charge >= 0.3 is 0 Å². The van der Waals surface area contributed by atoms with Gasteiger partial charge in [-0.2, -0.15) is 5.10 Å². The lowest BCUT2D eigenvalue weighted by atomic mass is 9.76. The van der Waals surface area contributed by atoms with Gasteiger partial charge in [0.1, 0.15) is 5.69 Å². The molecule has 0 aromatic carbocycles. The molecule has 6 heteroatoms. The van der Waals surface area contributed by atoms with Crippen molar-refractivity contribution in [2.45, 2.75) is 31.8 Å².